The minimum Gasteiger partial charge on any atom is -0.458 e. The van der Waals surface area contributed by atoms with Crippen LogP contribution in [0.1, 0.15) is 55.1 Å². The predicted molar refractivity (Wildman–Crippen MR) is 135 cm³/mol. The van der Waals surface area contributed by atoms with Crippen molar-refractivity contribution in [3.63, 3.8) is 0 Å². The molecule has 1 aliphatic rings. The summed E-state index contributed by atoms with van der Waals surface area (Å²) in [6, 6.07) is 26.8. The van der Waals surface area contributed by atoms with Gasteiger partial charge in [0.1, 0.15) is 18.0 Å². The highest BCUT2D eigenvalue weighted by molar-refractivity contribution is 5.66. The Labute approximate surface area is 206 Å². The van der Waals surface area contributed by atoms with Gasteiger partial charge in [-0.3, -0.25) is 4.79 Å². The van der Waals surface area contributed by atoms with Gasteiger partial charge >= 0.3 is 5.97 Å². The third-order valence-electron chi connectivity index (χ3n) is 6.22. The van der Waals surface area contributed by atoms with E-state index in [2.05, 4.69) is 35.7 Å². The van der Waals surface area contributed by atoms with Gasteiger partial charge in [0.05, 0.1) is 6.61 Å². The number of hydrogen-bond acceptors (Lipinski definition) is 4. The van der Waals surface area contributed by atoms with Crippen LogP contribution in [0.3, 0.4) is 0 Å². The lowest BCUT2D eigenvalue weighted by Gasteiger charge is -2.27. The Kier molecular flexibility index (Phi) is 8.82. The van der Waals surface area contributed by atoms with Crippen LogP contribution in [0, 0.1) is 5.82 Å². The van der Waals surface area contributed by atoms with E-state index in [0.717, 1.165) is 36.1 Å². The number of benzene rings is 3. The summed E-state index contributed by atoms with van der Waals surface area (Å²) in [5, 5.41) is 3.50. The third-order valence-corrected chi connectivity index (χ3v) is 6.22. The molecule has 0 saturated carbocycles. The second-order valence-corrected chi connectivity index (χ2v) is 8.84. The summed E-state index contributed by atoms with van der Waals surface area (Å²) >= 11 is 0. The van der Waals surface area contributed by atoms with Gasteiger partial charge in [0.2, 0.25) is 0 Å². The number of carbonyl (C=O) groups is 1. The number of nitrogens with one attached hydrogen (secondary N) is 1. The number of halogens is 1. The summed E-state index contributed by atoms with van der Waals surface area (Å²) in [6.07, 6.45) is 4.07. The number of carbonyl (C=O) groups excluding carboxylic acids is 1. The monoisotopic (exact) mass is 473 g/mol. The molecule has 2 atom stereocenters. The topological polar surface area (TPSA) is 47.6 Å². The van der Waals surface area contributed by atoms with Crippen LogP contribution in [0.15, 0.2) is 96.6 Å². The second kappa shape index (κ2) is 12.4. The van der Waals surface area contributed by atoms with Gasteiger partial charge in [-0.15, -0.1) is 0 Å². The number of rotatable bonds is 10. The molecule has 0 spiro atoms. The van der Waals surface area contributed by atoms with Crippen molar-refractivity contribution >= 4 is 5.97 Å². The van der Waals surface area contributed by atoms with Crippen molar-refractivity contribution in [3.8, 4) is 0 Å². The molecule has 4 rings (SSSR count). The lowest BCUT2D eigenvalue weighted by Crippen LogP contribution is -2.34. The molecule has 0 bridgehead atoms. The molecule has 0 radical (unpaired) electrons. The minimum absolute atomic E-state index is 0.0622. The maximum absolute atomic E-state index is 13.4. The van der Waals surface area contributed by atoms with Gasteiger partial charge in [-0.25, -0.2) is 4.39 Å². The van der Waals surface area contributed by atoms with E-state index in [0.29, 0.717) is 13.0 Å². The largest absolute Gasteiger partial charge is 0.458 e. The van der Waals surface area contributed by atoms with Gasteiger partial charge in [0.25, 0.3) is 0 Å². The highest BCUT2D eigenvalue weighted by Crippen LogP contribution is 2.28. The molecule has 35 heavy (non-hydrogen) atoms. The van der Waals surface area contributed by atoms with Crippen LogP contribution in [0.4, 0.5) is 4.39 Å². The Bertz CT molecular complexity index is 1060. The van der Waals surface area contributed by atoms with Crippen molar-refractivity contribution in [2.24, 2.45) is 0 Å². The Hall–Kier alpha value is -3.28. The van der Waals surface area contributed by atoms with E-state index in [-0.39, 0.29) is 23.9 Å². The van der Waals surface area contributed by atoms with Crippen LogP contribution in [-0.2, 0) is 14.3 Å². The molecule has 0 aromatic heterocycles. The van der Waals surface area contributed by atoms with Crippen LogP contribution in [0.5, 0.6) is 0 Å². The summed E-state index contributed by atoms with van der Waals surface area (Å²) in [7, 11) is 0. The second-order valence-electron chi connectivity index (χ2n) is 8.84. The number of hydrogen-bond donors (Lipinski definition) is 1. The average molecular weight is 474 g/mol. The van der Waals surface area contributed by atoms with E-state index in [1.54, 1.807) is 12.1 Å². The molecular weight excluding hydrogens is 441 g/mol. The lowest BCUT2D eigenvalue weighted by atomic mass is 9.95. The number of esters is 1. The normalized spacial score (nSPS) is 16.5. The van der Waals surface area contributed by atoms with Crippen LogP contribution < -0.4 is 5.32 Å². The lowest BCUT2D eigenvalue weighted by molar-refractivity contribution is -0.147. The van der Waals surface area contributed by atoms with Gasteiger partial charge in [0, 0.05) is 19.4 Å². The molecule has 0 aliphatic carbocycles. The standard InChI is InChI=1S/C30H32FNO3/c1-22(33)35-29(24-12-14-27(31)15-13-24)21-28-20-23(16-18-32-28)17-19-34-30(25-8-4-2-5-9-25)26-10-6-3-7-11-26/h2-15,20,28-30,32H,16-19,21H2,1H3/t28?,29-/m1/s1. The van der Waals surface area contributed by atoms with Crippen LogP contribution in [0.2, 0.25) is 0 Å². The first-order chi connectivity index (χ1) is 17.1. The first kappa shape index (κ1) is 24.8. The van der Waals surface area contributed by atoms with E-state index in [4.69, 9.17) is 9.47 Å². The summed E-state index contributed by atoms with van der Waals surface area (Å²) in [5.41, 5.74) is 4.40. The number of ether oxygens (including phenoxy) is 2. The molecule has 0 amide bonds. The van der Waals surface area contributed by atoms with Crippen molar-refractivity contribution in [2.75, 3.05) is 13.2 Å². The van der Waals surface area contributed by atoms with E-state index in [9.17, 15) is 9.18 Å². The van der Waals surface area contributed by atoms with Crippen LogP contribution in [0.25, 0.3) is 0 Å². The molecule has 0 saturated heterocycles. The van der Waals surface area contributed by atoms with E-state index >= 15 is 0 Å². The van der Waals surface area contributed by atoms with Crippen molar-refractivity contribution in [3.05, 3.63) is 119 Å². The molecule has 1 heterocycles. The Balaban J connectivity index is 1.40. The first-order valence-corrected chi connectivity index (χ1v) is 12.2. The van der Waals surface area contributed by atoms with Crippen molar-refractivity contribution in [1.29, 1.82) is 0 Å². The smallest absolute Gasteiger partial charge is 0.303 e. The van der Waals surface area contributed by atoms with Crippen molar-refractivity contribution in [2.45, 2.75) is 44.4 Å². The summed E-state index contributed by atoms with van der Waals surface area (Å²) < 4.78 is 25.3. The minimum atomic E-state index is -0.432. The van der Waals surface area contributed by atoms with Gasteiger partial charge in [-0.1, -0.05) is 84.4 Å². The zero-order valence-electron chi connectivity index (χ0n) is 20.0. The molecule has 3 aromatic carbocycles. The molecule has 3 aromatic rings. The first-order valence-electron chi connectivity index (χ1n) is 12.2. The van der Waals surface area contributed by atoms with E-state index in [1.165, 1.54) is 24.6 Å². The van der Waals surface area contributed by atoms with E-state index in [1.807, 2.05) is 36.4 Å². The van der Waals surface area contributed by atoms with Crippen LogP contribution >= 0.6 is 0 Å². The highest BCUT2D eigenvalue weighted by atomic mass is 19.1. The van der Waals surface area contributed by atoms with Gasteiger partial charge in [0.15, 0.2) is 0 Å². The molecule has 182 valence electrons. The summed E-state index contributed by atoms with van der Waals surface area (Å²) in [5.74, 6) is -0.654. The molecule has 4 nitrogen and oxygen atoms in total. The molecule has 1 N–H and O–H groups in total. The third kappa shape index (κ3) is 7.35. The van der Waals surface area contributed by atoms with Crippen molar-refractivity contribution < 1.29 is 18.7 Å². The molecule has 0 fully saturated rings. The fourth-order valence-corrected chi connectivity index (χ4v) is 4.51. The fourth-order valence-electron chi connectivity index (χ4n) is 4.51. The summed E-state index contributed by atoms with van der Waals surface area (Å²) in [6.45, 7) is 2.87. The van der Waals surface area contributed by atoms with Gasteiger partial charge in [-0.05, 0) is 48.2 Å². The predicted octanol–water partition coefficient (Wildman–Crippen LogP) is 6.30. The van der Waals surface area contributed by atoms with E-state index < -0.39 is 6.10 Å². The molecular formula is C30H32FNO3. The molecule has 1 aliphatic heterocycles. The van der Waals surface area contributed by atoms with Gasteiger partial charge < -0.3 is 14.8 Å². The Morgan fingerprint density at radius 2 is 1.57 bits per heavy atom. The maximum atomic E-state index is 13.4. The SMILES string of the molecule is CC(=O)O[C@H](CC1C=C(CCOC(c2ccccc2)c2ccccc2)CCN1)c1ccc(F)cc1. The molecule has 1 unspecified atom stereocenters. The zero-order valence-corrected chi connectivity index (χ0v) is 20.0. The Morgan fingerprint density at radius 1 is 0.943 bits per heavy atom. The van der Waals surface area contributed by atoms with Crippen LogP contribution in [-0.4, -0.2) is 25.2 Å². The fraction of sp³-hybridized carbons (Fsp3) is 0.300. The maximum Gasteiger partial charge on any atom is 0.303 e. The highest BCUT2D eigenvalue weighted by Gasteiger charge is 2.22. The average Bonchev–Trinajstić information content (AvgIpc) is 2.88. The summed E-state index contributed by atoms with van der Waals surface area (Å²) in [4.78, 5) is 11.7. The Morgan fingerprint density at radius 3 is 2.17 bits per heavy atom. The zero-order chi connectivity index (χ0) is 24.5. The van der Waals surface area contributed by atoms with Crippen molar-refractivity contribution in [1.82, 2.24) is 5.32 Å². The molecule has 5 heteroatoms. The quantitative estimate of drug-likeness (QED) is 0.277. The van der Waals surface area contributed by atoms with Gasteiger partial charge in [-0.2, -0.15) is 0 Å².